The summed E-state index contributed by atoms with van der Waals surface area (Å²) in [5.74, 6) is -1.40. The molecule has 0 aliphatic rings. The van der Waals surface area contributed by atoms with Crippen LogP contribution in [-0.2, 0) is 0 Å². The topological polar surface area (TPSA) is 50.2 Å². The Bertz CT molecular complexity index is 528. The summed E-state index contributed by atoms with van der Waals surface area (Å²) < 4.78 is 13.3. The van der Waals surface area contributed by atoms with Crippen LogP contribution >= 0.6 is 0 Å². The largest absolute Gasteiger partial charge is 0.380 e. The van der Waals surface area contributed by atoms with E-state index in [1.807, 2.05) is 0 Å². The second-order valence-electron chi connectivity index (χ2n) is 3.53. The molecule has 2 aromatic rings. The standard InChI is InChI=1S/C13H10FNO2/c14-11-8-15-7-6-10(11)13(17)12(16)9-4-2-1-3-5-9/h1-8,12,16H. The number of ketones is 1. The van der Waals surface area contributed by atoms with Crippen LogP contribution in [0.15, 0.2) is 48.8 Å². The fourth-order valence-corrected chi connectivity index (χ4v) is 1.51. The van der Waals surface area contributed by atoms with Crippen molar-refractivity contribution in [3.63, 3.8) is 0 Å². The van der Waals surface area contributed by atoms with Crippen molar-refractivity contribution in [2.24, 2.45) is 0 Å². The zero-order valence-electron chi connectivity index (χ0n) is 8.88. The third kappa shape index (κ3) is 2.37. The maximum atomic E-state index is 13.3. The molecule has 86 valence electrons. The van der Waals surface area contributed by atoms with Gasteiger partial charge in [0.1, 0.15) is 6.10 Å². The first-order chi connectivity index (χ1) is 8.20. The molecule has 1 unspecified atom stereocenters. The molecule has 0 aliphatic heterocycles. The number of hydrogen-bond acceptors (Lipinski definition) is 3. The Labute approximate surface area is 97.6 Å². The summed E-state index contributed by atoms with van der Waals surface area (Å²) in [6.45, 7) is 0. The summed E-state index contributed by atoms with van der Waals surface area (Å²) in [5.41, 5.74) is 0.282. The molecule has 1 aromatic heterocycles. The Hall–Kier alpha value is -2.07. The van der Waals surface area contributed by atoms with E-state index < -0.39 is 17.7 Å². The highest BCUT2D eigenvalue weighted by molar-refractivity contribution is 5.99. The average molecular weight is 231 g/mol. The Morgan fingerprint density at radius 2 is 1.94 bits per heavy atom. The molecule has 2 rings (SSSR count). The number of benzene rings is 1. The van der Waals surface area contributed by atoms with Gasteiger partial charge in [0.15, 0.2) is 11.6 Å². The van der Waals surface area contributed by atoms with Crippen molar-refractivity contribution in [3.8, 4) is 0 Å². The van der Waals surface area contributed by atoms with Gasteiger partial charge in [0.25, 0.3) is 0 Å². The lowest BCUT2D eigenvalue weighted by Crippen LogP contribution is -2.14. The lowest BCUT2D eigenvalue weighted by atomic mass is 10.0. The molecule has 0 bridgehead atoms. The minimum absolute atomic E-state index is 0.156. The summed E-state index contributed by atoms with van der Waals surface area (Å²) in [4.78, 5) is 15.4. The molecule has 0 saturated carbocycles. The quantitative estimate of drug-likeness (QED) is 0.823. The van der Waals surface area contributed by atoms with Gasteiger partial charge in [0.05, 0.1) is 11.8 Å². The van der Waals surface area contributed by atoms with Crippen molar-refractivity contribution in [1.29, 1.82) is 0 Å². The molecule has 1 heterocycles. The molecule has 0 amide bonds. The van der Waals surface area contributed by atoms with Gasteiger partial charge in [0.2, 0.25) is 0 Å². The van der Waals surface area contributed by atoms with Crippen molar-refractivity contribution in [2.75, 3.05) is 0 Å². The predicted octanol–water partition coefficient (Wildman–Crippen LogP) is 2.14. The van der Waals surface area contributed by atoms with Crippen LogP contribution in [0.1, 0.15) is 22.0 Å². The van der Waals surface area contributed by atoms with E-state index in [4.69, 9.17) is 0 Å². The molecule has 0 radical (unpaired) electrons. The van der Waals surface area contributed by atoms with Crippen LogP contribution in [0.3, 0.4) is 0 Å². The SMILES string of the molecule is O=C(c1ccncc1F)C(O)c1ccccc1. The highest BCUT2D eigenvalue weighted by Crippen LogP contribution is 2.19. The van der Waals surface area contributed by atoms with E-state index in [1.54, 1.807) is 30.3 Å². The molecule has 0 saturated heterocycles. The average Bonchev–Trinajstić information content (AvgIpc) is 2.39. The lowest BCUT2D eigenvalue weighted by Gasteiger charge is -2.09. The molecule has 17 heavy (non-hydrogen) atoms. The first kappa shape index (κ1) is 11.4. The fraction of sp³-hybridized carbons (Fsp3) is 0.0769. The third-order valence-corrected chi connectivity index (χ3v) is 2.40. The number of carbonyl (C=O) groups excluding carboxylic acids is 1. The number of halogens is 1. The molecule has 0 aliphatic carbocycles. The van der Waals surface area contributed by atoms with Gasteiger partial charge in [-0.15, -0.1) is 0 Å². The number of aromatic nitrogens is 1. The second kappa shape index (κ2) is 4.84. The van der Waals surface area contributed by atoms with Gasteiger partial charge in [-0.2, -0.15) is 0 Å². The van der Waals surface area contributed by atoms with Crippen LogP contribution in [0.25, 0.3) is 0 Å². The Balaban J connectivity index is 2.30. The highest BCUT2D eigenvalue weighted by Gasteiger charge is 2.21. The number of carbonyl (C=O) groups is 1. The molecular formula is C13H10FNO2. The van der Waals surface area contributed by atoms with Crippen LogP contribution in [0, 0.1) is 5.82 Å². The van der Waals surface area contributed by atoms with E-state index in [0.29, 0.717) is 5.56 Å². The van der Waals surface area contributed by atoms with Gasteiger partial charge in [-0.1, -0.05) is 30.3 Å². The number of Topliss-reactive ketones (excluding diaryl/α,β-unsaturated/α-hetero) is 1. The fourth-order valence-electron chi connectivity index (χ4n) is 1.51. The van der Waals surface area contributed by atoms with Crippen molar-refractivity contribution in [3.05, 3.63) is 65.7 Å². The monoisotopic (exact) mass is 231 g/mol. The Kier molecular flexibility index (Phi) is 3.25. The maximum absolute atomic E-state index is 13.3. The number of aliphatic hydroxyl groups is 1. The molecule has 0 fully saturated rings. The van der Waals surface area contributed by atoms with Gasteiger partial charge in [-0.05, 0) is 11.6 Å². The van der Waals surface area contributed by atoms with Crippen LogP contribution in [0.4, 0.5) is 4.39 Å². The van der Waals surface area contributed by atoms with Crippen molar-refractivity contribution in [2.45, 2.75) is 6.10 Å². The zero-order chi connectivity index (χ0) is 12.3. The van der Waals surface area contributed by atoms with Crippen molar-refractivity contribution < 1.29 is 14.3 Å². The Morgan fingerprint density at radius 1 is 1.24 bits per heavy atom. The zero-order valence-corrected chi connectivity index (χ0v) is 8.88. The van der Waals surface area contributed by atoms with Gasteiger partial charge in [-0.25, -0.2) is 4.39 Å². The molecular weight excluding hydrogens is 221 g/mol. The number of nitrogens with zero attached hydrogens (tertiary/aromatic N) is 1. The molecule has 1 aromatic carbocycles. The first-order valence-corrected chi connectivity index (χ1v) is 5.07. The number of aliphatic hydroxyl groups excluding tert-OH is 1. The predicted molar refractivity (Wildman–Crippen MR) is 59.9 cm³/mol. The summed E-state index contributed by atoms with van der Waals surface area (Å²) >= 11 is 0. The number of rotatable bonds is 3. The molecule has 1 atom stereocenters. The smallest absolute Gasteiger partial charge is 0.198 e. The van der Waals surface area contributed by atoms with Gasteiger partial charge in [0, 0.05) is 6.20 Å². The van der Waals surface area contributed by atoms with E-state index in [-0.39, 0.29) is 5.56 Å². The molecule has 0 spiro atoms. The van der Waals surface area contributed by atoms with E-state index >= 15 is 0 Å². The minimum atomic E-state index is -1.35. The van der Waals surface area contributed by atoms with Crippen LogP contribution < -0.4 is 0 Å². The first-order valence-electron chi connectivity index (χ1n) is 5.07. The summed E-state index contributed by atoms with van der Waals surface area (Å²) in [6.07, 6.45) is 0.909. The normalized spacial score (nSPS) is 12.1. The Morgan fingerprint density at radius 3 is 2.59 bits per heavy atom. The minimum Gasteiger partial charge on any atom is -0.380 e. The van der Waals surface area contributed by atoms with Gasteiger partial charge in [-0.3, -0.25) is 9.78 Å². The summed E-state index contributed by atoms with van der Waals surface area (Å²) in [5, 5.41) is 9.83. The number of pyridine rings is 1. The van der Waals surface area contributed by atoms with Crippen LogP contribution in [-0.4, -0.2) is 15.9 Å². The summed E-state index contributed by atoms with van der Waals surface area (Å²) in [7, 11) is 0. The maximum Gasteiger partial charge on any atom is 0.198 e. The molecule has 4 heteroatoms. The van der Waals surface area contributed by atoms with Crippen LogP contribution in [0.5, 0.6) is 0 Å². The number of hydrogen-bond donors (Lipinski definition) is 1. The van der Waals surface area contributed by atoms with Gasteiger partial charge >= 0.3 is 0 Å². The van der Waals surface area contributed by atoms with Gasteiger partial charge < -0.3 is 5.11 Å². The molecule has 1 N–H and O–H groups in total. The van der Waals surface area contributed by atoms with E-state index in [2.05, 4.69) is 4.98 Å². The van der Waals surface area contributed by atoms with E-state index in [1.165, 1.54) is 12.3 Å². The van der Waals surface area contributed by atoms with E-state index in [0.717, 1.165) is 6.20 Å². The summed E-state index contributed by atoms with van der Waals surface area (Å²) in [6, 6.07) is 9.66. The molecule has 3 nitrogen and oxygen atoms in total. The third-order valence-electron chi connectivity index (χ3n) is 2.40. The van der Waals surface area contributed by atoms with Crippen molar-refractivity contribution >= 4 is 5.78 Å². The second-order valence-corrected chi connectivity index (χ2v) is 3.53. The lowest BCUT2D eigenvalue weighted by molar-refractivity contribution is 0.0743. The van der Waals surface area contributed by atoms with Crippen LogP contribution in [0.2, 0.25) is 0 Å². The van der Waals surface area contributed by atoms with E-state index in [9.17, 15) is 14.3 Å². The highest BCUT2D eigenvalue weighted by atomic mass is 19.1. The van der Waals surface area contributed by atoms with Crippen molar-refractivity contribution in [1.82, 2.24) is 4.98 Å².